The fourth-order valence-corrected chi connectivity index (χ4v) is 3.32. The average molecular weight is 399 g/mol. The number of benzene rings is 3. The van der Waals surface area contributed by atoms with Gasteiger partial charge in [-0.1, -0.05) is 60.2 Å². The minimum atomic E-state index is -0.379. The topological polar surface area (TPSA) is 46.9 Å². The Morgan fingerprint density at radius 1 is 0.967 bits per heavy atom. The molecule has 5 heteroatoms. The van der Waals surface area contributed by atoms with Crippen LogP contribution in [-0.2, 0) is 0 Å². The maximum absolute atomic E-state index is 14.4. The van der Waals surface area contributed by atoms with Crippen LogP contribution in [0.15, 0.2) is 84.9 Å². The molecule has 4 rings (SSSR count). The number of aromatic nitrogens is 2. The van der Waals surface area contributed by atoms with Gasteiger partial charge < -0.3 is 5.32 Å². The normalized spacial score (nSPS) is 11.8. The molecule has 1 aromatic heterocycles. The highest BCUT2D eigenvalue weighted by Gasteiger charge is 2.20. The summed E-state index contributed by atoms with van der Waals surface area (Å²) in [6, 6.07) is 25.3. The predicted octanol–water partition coefficient (Wildman–Crippen LogP) is 5.48. The van der Waals surface area contributed by atoms with Gasteiger partial charge in [0.2, 0.25) is 0 Å². The summed E-state index contributed by atoms with van der Waals surface area (Å²) in [5.74, 6) is -0.655. The first kappa shape index (κ1) is 19.6. The first-order valence-electron chi connectivity index (χ1n) is 9.81. The summed E-state index contributed by atoms with van der Waals surface area (Å²) < 4.78 is 15.9. The smallest absolute Gasteiger partial charge is 0.270 e. The van der Waals surface area contributed by atoms with Gasteiger partial charge >= 0.3 is 0 Å². The predicted molar refractivity (Wildman–Crippen MR) is 116 cm³/mol. The number of aryl methyl sites for hydroxylation is 1. The number of halogens is 1. The van der Waals surface area contributed by atoms with E-state index >= 15 is 0 Å². The Labute approximate surface area is 175 Å². The lowest BCUT2D eigenvalue weighted by molar-refractivity contribution is 0.0932. The van der Waals surface area contributed by atoms with Crippen molar-refractivity contribution in [1.29, 1.82) is 0 Å². The van der Waals surface area contributed by atoms with E-state index in [1.54, 1.807) is 28.9 Å². The molecular formula is C25H22FN3O. The number of hydrogen-bond acceptors (Lipinski definition) is 2. The lowest BCUT2D eigenvalue weighted by atomic mass is 10.1. The van der Waals surface area contributed by atoms with Crippen LogP contribution in [0.4, 0.5) is 4.39 Å². The maximum atomic E-state index is 14.4. The van der Waals surface area contributed by atoms with Crippen LogP contribution < -0.4 is 5.32 Å². The third kappa shape index (κ3) is 4.01. The van der Waals surface area contributed by atoms with E-state index in [0.717, 1.165) is 16.8 Å². The second-order valence-electron chi connectivity index (χ2n) is 7.25. The molecule has 0 aliphatic rings. The summed E-state index contributed by atoms with van der Waals surface area (Å²) in [6.07, 6.45) is 0. The van der Waals surface area contributed by atoms with Crippen LogP contribution >= 0.6 is 0 Å². The SMILES string of the molecule is Cc1ccc(-n2nc(-c3ccccc3F)cc2C(=O)NC(C)c2ccccc2)cc1. The molecule has 0 saturated heterocycles. The molecule has 0 bridgehead atoms. The quantitative estimate of drug-likeness (QED) is 0.483. The number of rotatable bonds is 5. The van der Waals surface area contributed by atoms with E-state index in [1.807, 2.05) is 68.4 Å². The summed E-state index contributed by atoms with van der Waals surface area (Å²) in [5, 5.41) is 7.58. The number of hydrogen-bond donors (Lipinski definition) is 1. The van der Waals surface area contributed by atoms with E-state index in [-0.39, 0.29) is 17.8 Å². The van der Waals surface area contributed by atoms with Crippen LogP contribution in [0.25, 0.3) is 16.9 Å². The molecule has 0 radical (unpaired) electrons. The van der Waals surface area contributed by atoms with E-state index in [0.29, 0.717) is 17.0 Å². The second kappa shape index (κ2) is 8.33. The minimum absolute atomic E-state index is 0.183. The highest BCUT2D eigenvalue weighted by Crippen LogP contribution is 2.25. The summed E-state index contributed by atoms with van der Waals surface area (Å²) in [7, 11) is 0. The molecule has 30 heavy (non-hydrogen) atoms. The fourth-order valence-electron chi connectivity index (χ4n) is 3.32. The molecular weight excluding hydrogens is 377 g/mol. The van der Waals surface area contributed by atoms with Gasteiger partial charge in [0.1, 0.15) is 11.5 Å². The molecule has 0 aliphatic heterocycles. The second-order valence-corrected chi connectivity index (χ2v) is 7.25. The van der Waals surface area contributed by atoms with Gasteiger partial charge in [0.15, 0.2) is 0 Å². The molecule has 150 valence electrons. The largest absolute Gasteiger partial charge is 0.344 e. The molecule has 0 fully saturated rings. The van der Waals surface area contributed by atoms with Gasteiger partial charge in [0.05, 0.1) is 17.4 Å². The molecule has 0 spiro atoms. The molecule has 1 atom stereocenters. The number of nitrogens with one attached hydrogen (secondary N) is 1. The molecule has 4 nitrogen and oxygen atoms in total. The number of nitrogens with zero attached hydrogens (tertiary/aromatic N) is 2. The minimum Gasteiger partial charge on any atom is -0.344 e. The van der Waals surface area contributed by atoms with Crippen LogP contribution in [0.1, 0.15) is 34.6 Å². The van der Waals surface area contributed by atoms with Gasteiger partial charge in [-0.15, -0.1) is 0 Å². The lowest BCUT2D eigenvalue weighted by Gasteiger charge is -2.15. The van der Waals surface area contributed by atoms with Gasteiger partial charge in [-0.3, -0.25) is 4.79 Å². The Bertz CT molecular complexity index is 1170. The van der Waals surface area contributed by atoms with Crippen LogP contribution in [0.2, 0.25) is 0 Å². The van der Waals surface area contributed by atoms with Crippen molar-refractivity contribution in [2.24, 2.45) is 0 Å². The van der Waals surface area contributed by atoms with Gasteiger partial charge in [0.25, 0.3) is 5.91 Å². The maximum Gasteiger partial charge on any atom is 0.270 e. The van der Waals surface area contributed by atoms with Crippen molar-refractivity contribution < 1.29 is 9.18 Å². The molecule has 0 aliphatic carbocycles. The van der Waals surface area contributed by atoms with E-state index in [2.05, 4.69) is 10.4 Å². The van der Waals surface area contributed by atoms with Crippen molar-refractivity contribution in [2.45, 2.75) is 19.9 Å². The Morgan fingerprint density at radius 3 is 2.33 bits per heavy atom. The van der Waals surface area contributed by atoms with Crippen molar-refractivity contribution in [2.75, 3.05) is 0 Å². The van der Waals surface area contributed by atoms with E-state index in [9.17, 15) is 9.18 Å². The van der Waals surface area contributed by atoms with Crippen molar-refractivity contribution in [3.8, 4) is 16.9 Å². The molecule has 1 unspecified atom stereocenters. The first-order chi connectivity index (χ1) is 14.5. The Hall–Kier alpha value is -3.73. The van der Waals surface area contributed by atoms with Crippen molar-refractivity contribution in [3.05, 3.63) is 108 Å². The summed E-state index contributed by atoms with van der Waals surface area (Å²) in [4.78, 5) is 13.2. The molecule has 4 aromatic rings. The zero-order chi connectivity index (χ0) is 21.1. The molecule has 1 heterocycles. The van der Waals surface area contributed by atoms with Gasteiger partial charge in [-0.05, 0) is 49.7 Å². The highest BCUT2D eigenvalue weighted by molar-refractivity contribution is 5.94. The number of amides is 1. The molecule has 3 aromatic carbocycles. The van der Waals surface area contributed by atoms with Crippen LogP contribution in [0.3, 0.4) is 0 Å². The van der Waals surface area contributed by atoms with Crippen LogP contribution in [0.5, 0.6) is 0 Å². The zero-order valence-electron chi connectivity index (χ0n) is 16.8. The Balaban J connectivity index is 1.74. The Kier molecular flexibility index (Phi) is 5.44. The third-order valence-corrected chi connectivity index (χ3v) is 5.02. The highest BCUT2D eigenvalue weighted by atomic mass is 19.1. The lowest BCUT2D eigenvalue weighted by Crippen LogP contribution is -2.28. The van der Waals surface area contributed by atoms with Crippen LogP contribution in [-0.4, -0.2) is 15.7 Å². The van der Waals surface area contributed by atoms with Gasteiger partial charge in [-0.25, -0.2) is 9.07 Å². The monoisotopic (exact) mass is 399 g/mol. The van der Waals surface area contributed by atoms with Crippen molar-refractivity contribution in [1.82, 2.24) is 15.1 Å². The van der Waals surface area contributed by atoms with Gasteiger partial charge in [0, 0.05) is 5.56 Å². The zero-order valence-corrected chi connectivity index (χ0v) is 16.8. The number of carbonyl (C=O) groups excluding carboxylic acids is 1. The van der Waals surface area contributed by atoms with Crippen molar-refractivity contribution in [3.63, 3.8) is 0 Å². The molecule has 0 saturated carbocycles. The van der Waals surface area contributed by atoms with E-state index in [1.165, 1.54) is 6.07 Å². The third-order valence-electron chi connectivity index (χ3n) is 5.02. The fraction of sp³-hybridized carbons (Fsp3) is 0.120. The first-order valence-corrected chi connectivity index (χ1v) is 9.81. The summed E-state index contributed by atoms with van der Waals surface area (Å²) >= 11 is 0. The van der Waals surface area contributed by atoms with E-state index in [4.69, 9.17) is 0 Å². The molecule has 1 N–H and O–H groups in total. The summed E-state index contributed by atoms with van der Waals surface area (Å²) in [5.41, 5.74) is 3.95. The van der Waals surface area contributed by atoms with Crippen molar-refractivity contribution >= 4 is 5.91 Å². The Morgan fingerprint density at radius 2 is 1.63 bits per heavy atom. The van der Waals surface area contributed by atoms with E-state index < -0.39 is 0 Å². The number of carbonyl (C=O) groups is 1. The standard InChI is InChI=1S/C25H22FN3O/c1-17-12-14-20(15-13-17)29-24(16-23(28-29)21-10-6-7-11-22(21)26)25(30)27-18(2)19-8-4-3-5-9-19/h3-16,18H,1-2H3,(H,27,30). The molecule has 1 amide bonds. The van der Waals surface area contributed by atoms with Gasteiger partial charge in [-0.2, -0.15) is 5.10 Å². The summed E-state index contributed by atoms with van der Waals surface area (Å²) in [6.45, 7) is 3.92. The van der Waals surface area contributed by atoms with Crippen LogP contribution in [0, 0.1) is 12.7 Å². The average Bonchev–Trinajstić information content (AvgIpc) is 3.20.